The first-order chi connectivity index (χ1) is 14.1. The van der Waals surface area contributed by atoms with Crippen LogP contribution in [-0.4, -0.2) is 36.2 Å². The highest BCUT2D eigenvalue weighted by atomic mass is 16.6. The Kier molecular flexibility index (Phi) is 10.5. The minimum Gasteiger partial charge on any atom is -0.461 e. The number of nitrogens with two attached hydrogens (primary N) is 1. The van der Waals surface area contributed by atoms with Gasteiger partial charge in [-0.1, -0.05) is 40.0 Å². The molecule has 1 unspecified atom stereocenters. The van der Waals surface area contributed by atoms with E-state index in [0.717, 1.165) is 67.6 Å². The van der Waals surface area contributed by atoms with Crippen LogP contribution in [0.4, 0.5) is 5.69 Å². The first-order valence-corrected chi connectivity index (χ1v) is 11.4. The summed E-state index contributed by atoms with van der Waals surface area (Å²) in [6, 6.07) is 5.57. The Bertz CT molecular complexity index is 705. The third-order valence-electron chi connectivity index (χ3n) is 5.38. The van der Waals surface area contributed by atoms with E-state index in [1.54, 1.807) is 0 Å². The number of hydrogen-bond donors (Lipinski definition) is 2. The van der Waals surface area contributed by atoms with Gasteiger partial charge in [0.25, 0.3) is 0 Å². The number of nitrogen functional groups attached to an aromatic ring is 1. The number of rotatable bonds is 15. The molecule has 3 N–H and O–H groups in total. The van der Waals surface area contributed by atoms with Gasteiger partial charge >= 0.3 is 0 Å². The number of unbranched alkanes of at least 4 members (excludes halogenated alkanes) is 3. The zero-order valence-electron chi connectivity index (χ0n) is 18.6. The molecular formula is C24H40N2O3. The molecule has 2 rings (SSSR count). The summed E-state index contributed by atoms with van der Waals surface area (Å²) in [6.45, 7) is 10.4. The summed E-state index contributed by atoms with van der Waals surface area (Å²) in [5.74, 6) is 0.812. The van der Waals surface area contributed by atoms with Crippen LogP contribution in [0.2, 0.25) is 0 Å². The number of hydrogen-bond acceptors (Lipinski definition) is 5. The number of aliphatic hydroxyl groups is 1. The molecule has 0 radical (unpaired) electrons. The Balaban J connectivity index is 1.97. The predicted molar refractivity (Wildman–Crippen MR) is 121 cm³/mol. The lowest BCUT2D eigenvalue weighted by molar-refractivity contribution is -0.104. The number of ether oxygens (including phenoxy) is 1. The Morgan fingerprint density at radius 3 is 2.31 bits per heavy atom. The molecule has 1 aromatic heterocycles. The van der Waals surface area contributed by atoms with Crippen molar-refractivity contribution in [3.8, 4) is 0 Å². The molecular weight excluding hydrogens is 364 g/mol. The van der Waals surface area contributed by atoms with Crippen LogP contribution in [-0.2, 0) is 11.2 Å². The molecule has 0 saturated heterocycles. The minimum absolute atomic E-state index is 0.526. The smallest absolute Gasteiger partial charge is 0.185 e. The van der Waals surface area contributed by atoms with Gasteiger partial charge in [0.1, 0.15) is 11.3 Å². The predicted octanol–water partition coefficient (Wildman–Crippen LogP) is 5.66. The average Bonchev–Trinajstić information content (AvgIpc) is 3.08. The fourth-order valence-corrected chi connectivity index (χ4v) is 3.64. The van der Waals surface area contributed by atoms with Gasteiger partial charge in [-0.2, -0.15) is 0 Å². The fourth-order valence-electron chi connectivity index (χ4n) is 3.64. The van der Waals surface area contributed by atoms with Crippen molar-refractivity contribution in [2.75, 3.05) is 32.0 Å². The van der Waals surface area contributed by atoms with Crippen LogP contribution >= 0.6 is 0 Å². The summed E-state index contributed by atoms with van der Waals surface area (Å²) in [7, 11) is 0. The van der Waals surface area contributed by atoms with Gasteiger partial charge in [-0.05, 0) is 57.0 Å². The summed E-state index contributed by atoms with van der Waals surface area (Å²) in [5.41, 5.74) is 8.13. The maximum absolute atomic E-state index is 10.8. The number of aliphatic hydroxyl groups excluding tert-OH is 1. The van der Waals surface area contributed by atoms with Crippen LogP contribution in [0.3, 0.4) is 0 Å². The van der Waals surface area contributed by atoms with Gasteiger partial charge in [0.05, 0.1) is 12.2 Å². The molecule has 5 heteroatoms. The molecule has 0 aliphatic carbocycles. The van der Waals surface area contributed by atoms with Crippen LogP contribution in [0.5, 0.6) is 0 Å². The highest BCUT2D eigenvalue weighted by Crippen LogP contribution is 2.34. The molecule has 164 valence electrons. The maximum atomic E-state index is 10.8. The van der Waals surface area contributed by atoms with Crippen molar-refractivity contribution in [2.45, 2.75) is 78.4 Å². The monoisotopic (exact) mass is 404 g/mol. The van der Waals surface area contributed by atoms with E-state index in [-0.39, 0.29) is 0 Å². The summed E-state index contributed by atoms with van der Waals surface area (Å²) >= 11 is 0. The normalized spacial score (nSPS) is 12.9. The van der Waals surface area contributed by atoms with E-state index in [1.807, 2.05) is 18.2 Å². The van der Waals surface area contributed by atoms with Gasteiger partial charge in [0, 0.05) is 24.0 Å². The van der Waals surface area contributed by atoms with Crippen LogP contribution in [0, 0.1) is 0 Å². The van der Waals surface area contributed by atoms with Gasteiger partial charge in [0.2, 0.25) is 0 Å². The molecule has 2 aromatic rings. The molecule has 0 aliphatic heterocycles. The molecule has 1 heterocycles. The van der Waals surface area contributed by atoms with Gasteiger partial charge in [-0.25, -0.2) is 0 Å². The summed E-state index contributed by atoms with van der Waals surface area (Å²) in [5, 5.41) is 11.6. The van der Waals surface area contributed by atoms with Crippen LogP contribution in [0.25, 0.3) is 11.0 Å². The lowest BCUT2D eigenvalue weighted by Gasteiger charge is -2.22. The lowest BCUT2D eigenvalue weighted by Crippen LogP contribution is -2.28. The number of furan rings is 1. The first-order valence-electron chi connectivity index (χ1n) is 11.4. The molecule has 0 amide bonds. The van der Waals surface area contributed by atoms with E-state index < -0.39 is 6.29 Å². The highest BCUT2D eigenvalue weighted by molar-refractivity contribution is 5.85. The summed E-state index contributed by atoms with van der Waals surface area (Å²) < 4.78 is 11.8. The van der Waals surface area contributed by atoms with E-state index in [0.29, 0.717) is 12.3 Å². The van der Waals surface area contributed by atoms with E-state index in [9.17, 15) is 5.11 Å². The Labute approximate surface area is 176 Å². The third kappa shape index (κ3) is 7.32. The highest BCUT2D eigenvalue weighted by Gasteiger charge is 2.21. The first kappa shape index (κ1) is 23.7. The average molecular weight is 405 g/mol. The standard InChI is InChI=1S/C24H40N2O3/c1-4-7-11-22-23(20-18-19(25)12-13-21(20)29-22)24(27)28-17-10-16-26(14-8-5-2)15-9-6-3/h12-13,18,24,27H,4-11,14-17,25H2,1-3H3. The molecule has 1 aromatic carbocycles. The van der Waals surface area contributed by atoms with Crippen molar-refractivity contribution >= 4 is 16.7 Å². The van der Waals surface area contributed by atoms with Crippen LogP contribution in [0.1, 0.15) is 83.3 Å². The molecule has 0 bridgehead atoms. The lowest BCUT2D eigenvalue weighted by atomic mass is 10.1. The Morgan fingerprint density at radius 1 is 1.00 bits per heavy atom. The number of nitrogens with zero attached hydrogens (tertiary/aromatic N) is 1. The number of aryl methyl sites for hydroxylation is 1. The Morgan fingerprint density at radius 2 is 1.66 bits per heavy atom. The molecule has 0 aliphatic rings. The maximum Gasteiger partial charge on any atom is 0.185 e. The number of anilines is 1. The van der Waals surface area contributed by atoms with Crippen molar-refractivity contribution in [3.63, 3.8) is 0 Å². The second-order valence-corrected chi connectivity index (χ2v) is 7.92. The zero-order chi connectivity index (χ0) is 21.1. The fraction of sp³-hybridized carbons (Fsp3) is 0.667. The quantitative estimate of drug-likeness (QED) is 0.228. The summed E-state index contributed by atoms with van der Waals surface area (Å²) in [6.07, 6.45) is 7.70. The SMILES string of the molecule is CCCCc1oc2ccc(N)cc2c1C(O)OCCCN(CCCC)CCCC. The second kappa shape index (κ2) is 12.9. The second-order valence-electron chi connectivity index (χ2n) is 7.92. The molecule has 0 saturated carbocycles. The van der Waals surface area contributed by atoms with E-state index in [2.05, 4.69) is 25.7 Å². The zero-order valence-corrected chi connectivity index (χ0v) is 18.6. The largest absolute Gasteiger partial charge is 0.461 e. The Hall–Kier alpha value is -1.56. The van der Waals surface area contributed by atoms with Gasteiger partial charge in [-0.3, -0.25) is 0 Å². The topological polar surface area (TPSA) is 71.9 Å². The molecule has 0 spiro atoms. The molecule has 0 fully saturated rings. The molecule has 5 nitrogen and oxygen atoms in total. The number of benzene rings is 1. The van der Waals surface area contributed by atoms with E-state index in [1.165, 1.54) is 25.7 Å². The van der Waals surface area contributed by atoms with Crippen molar-refractivity contribution in [2.24, 2.45) is 0 Å². The van der Waals surface area contributed by atoms with Crippen LogP contribution < -0.4 is 5.73 Å². The van der Waals surface area contributed by atoms with Crippen molar-refractivity contribution in [3.05, 3.63) is 29.5 Å². The van der Waals surface area contributed by atoms with Gasteiger partial charge < -0.3 is 24.9 Å². The third-order valence-corrected chi connectivity index (χ3v) is 5.38. The summed E-state index contributed by atoms with van der Waals surface area (Å²) in [4.78, 5) is 2.52. The van der Waals surface area contributed by atoms with Crippen molar-refractivity contribution < 1.29 is 14.3 Å². The van der Waals surface area contributed by atoms with Gasteiger partial charge in [-0.15, -0.1) is 0 Å². The van der Waals surface area contributed by atoms with E-state index >= 15 is 0 Å². The molecule has 1 atom stereocenters. The van der Waals surface area contributed by atoms with Crippen LogP contribution in [0.15, 0.2) is 22.6 Å². The van der Waals surface area contributed by atoms with Gasteiger partial charge in [0.15, 0.2) is 6.29 Å². The van der Waals surface area contributed by atoms with Crippen molar-refractivity contribution in [1.29, 1.82) is 0 Å². The van der Waals surface area contributed by atoms with E-state index in [4.69, 9.17) is 14.9 Å². The van der Waals surface area contributed by atoms with Crippen molar-refractivity contribution in [1.82, 2.24) is 4.90 Å². The minimum atomic E-state index is -0.982. The number of fused-ring (bicyclic) bond motifs is 1. The molecule has 29 heavy (non-hydrogen) atoms.